The quantitative estimate of drug-likeness (QED) is 0.912. The van der Waals surface area contributed by atoms with Crippen molar-refractivity contribution < 1.29 is 27.4 Å². The number of likely N-dealkylation sites (tertiary alicyclic amines) is 1. The molecule has 132 valence electrons. The number of benzene rings is 1. The molecule has 0 aliphatic carbocycles. The Hall–Kier alpha value is -1.96. The van der Waals surface area contributed by atoms with Crippen LogP contribution in [0.1, 0.15) is 19.3 Å². The molecule has 1 atom stereocenters. The molecular formula is C16H19F3N2O3. The van der Waals surface area contributed by atoms with Crippen LogP contribution in [0, 0.1) is 5.92 Å². The number of ether oxygens (including phenoxy) is 2. The normalized spacial score (nSPS) is 20.9. The van der Waals surface area contributed by atoms with E-state index in [9.17, 15) is 18.0 Å². The van der Waals surface area contributed by atoms with Crippen LogP contribution in [0.2, 0.25) is 0 Å². The minimum absolute atomic E-state index is 0.0270. The number of rotatable bonds is 4. The summed E-state index contributed by atoms with van der Waals surface area (Å²) in [6, 6.07) is 5.07. The fraction of sp³-hybridized carbons (Fsp3) is 0.562. The van der Waals surface area contributed by atoms with Gasteiger partial charge in [0.15, 0.2) is 11.5 Å². The number of alkyl halides is 3. The molecule has 3 rings (SSSR count). The molecule has 1 aromatic carbocycles. The van der Waals surface area contributed by atoms with Crippen molar-refractivity contribution in [2.45, 2.75) is 25.4 Å². The van der Waals surface area contributed by atoms with Gasteiger partial charge in [-0.1, -0.05) is 0 Å². The minimum atomic E-state index is -4.16. The fourth-order valence-corrected chi connectivity index (χ4v) is 2.98. The van der Waals surface area contributed by atoms with Crippen LogP contribution in [-0.4, -0.2) is 43.4 Å². The average molecular weight is 344 g/mol. The van der Waals surface area contributed by atoms with Crippen LogP contribution in [0.25, 0.3) is 0 Å². The monoisotopic (exact) mass is 344 g/mol. The molecule has 1 amide bonds. The highest BCUT2D eigenvalue weighted by molar-refractivity contribution is 5.91. The van der Waals surface area contributed by atoms with Crippen molar-refractivity contribution in [1.82, 2.24) is 4.90 Å². The zero-order valence-corrected chi connectivity index (χ0v) is 13.1. The molecule has 2 heterocycles. The highest BCUT2D eigenvalue weighted by atomic mass is 19.4. The predicted molar refractivity (Wildman–Crippen MR) is 81.0 cm³/mol. The largest absolute Gasteiger partial charge is 0.454 e. The second-order valence-electron chi connectivity index (χ2n) is 6.05. The maximum atomic E-state index is 12.8. The number of carbonyl (C=O) groups excluding carboxylic acids is 1. The summed E-state index contributed by atoms with van der Waals surface area (Å²) in [5, 5.41) is 2.73. The van der Waals surface area contributed by atoms with Gasteiger partial charge >= 0.3 is 6.18 Å². The topological polar surface area (TPSA) is 50.8 Å². The van der Waals surface area contributed by atoms with E-state index >= 15 is 0 Å². The van der Waals surface area contributed by atoms with Crippen molar-refractivity contribution in [2.75, 3.05) is 31.7 Å². The maximum absolute atomic E-state index is 12.8. The molecule has 2 aliphatic heterocycles. The highest BCUT2D eigenvalue weighted by Crippen LogP contribution is 2.34. The Labute approximate surface area is 137 Å². The number of carbonyl (C=O) groups is 1. The summed E-state index contributed by atoms with van der Waals surface area (Å²) in [5.41, 5.74) is 0.580. The van der Waals surface area contributed by atoms with Gasteiger partial charge in [0.2, 0.25) is 12.7 Å². The Morgan fingerprint density at radius 3 is 2.88 bits per heavy atom. The number of halogens is 3. The Kier molecular flexibility index (Phi) is 4.84. The number of nitrogens with one attached hydrogen (secondary N) is 1. The van der Waals surface area contributed by atoms with E-state index < -0.39 is 12.1 Å². The van der Waals surface area contributed by atoms with Crippen LogP contribution in [0.15, 0.2) is 18.2 Å². The number of hydrogen-bond donors (Lipinski definition) is 1. The molecule has 0 unspecified atom stereocenters. The lowest BCUT2D eigenvalue weighted by Gasteiger charge is -2.33. The van der Waals surface area contributed by atoms with Crippen LogP contribution in [0.3, 0.4) is 0 Å². The molecule has 5 nitrogen and oxygen atoms in total. The van der Waals surface area contributed by atoms with E-state index in [0.717, 1.165) is 0 Å². The minimum Gasteiger partial charge on any atom is -0.454 e. The zero-order chi connectivity index (χ0) is 17.2. The zero-order valence-electron chi connectivity index (χ0n) is 13.1. The molecule has 8 heteroatoms. The Morgan fingerprint density at radius 2 is 2.08 bits per heavy atom. The van der Waals surface area contributed by atoms with E-state index in [1.165, 1.54) is 0 Å². The van der Waals surface area contributed by atoms with Gasteiger partial charge < -0.3 is 19.7 Å². The molecule has 1 aromatic rings. The van der Waals surface area contributed by atoms with Crippen molar-refractivity contribution in [3.63, 3.8) is 0 Å². The third-order valence-corrected chi connectivity index (χ3v) is 4.28. The Morgan fingerprint density at radius 1 is 1.29 bits per heavy atom. The summed E-state index contributed by atoms with van der Waals surface area (Å²) in [4.78, 5) is 13.7. The van der Waals surface area contributed by atoms with Gasteiger partial charge in [-0.2, -0.15) is 13.2 Å². The molecule has 0 saturated carbocycles. The van der Waals surface area contributed by atoms with Gasteiger partial charge in [-0.15, -0.1) is 0 Å². The summed E-state index contributed by atoms with van der Waals surface area (Å²) in [6.45, 7) is 1.05. The lowest BCUT2D eigenvalue weighted by atomic mass is 9.97. The first-order valence-electron chi connectivity index (χ1n) is 7.90. The van der Waals surface area contributed by atoms with Gasteiger partial charge in [0.25, 0.3) is 0 Å². The lowest BCUT2D eigenvalue weighted by molar-refractivity contribution is -0.186. The summed E-state index contributed by atoms with van der Waals surface area (Å²) < 4.78 is 48.8. The van der Waals surface area contributed by atoms with E-state index in [2.05, 4.69) is 5.32 Å². The molecule has 1 N–H and O–H groups in total. The maximum Gasteiger partial charge on any atom is 0.393 e. The molecule has 24 heavy (non-hydrogen) atoms. The van der Waals surface area contributed by atoms with Crippen molar-refractivity contribution in [3.05, 3.63) is 18.2 Å². The highest BCUT2D eigenvalue weighted by Gasteiger charge is 2.41. The second kappa shape index (κ2) is 6.88. The summed E-state index contributed by atoms with van der Waals surface area (Å²) >= 11 is 0. The van der Waals surface area contributed by atoms with Crippen molar-refractivity contribution in [1.29, 1.82) is 0 Å². The first-order chi connectivity index (χ1) is 11.4. The SMILES string of the molecule is O=C(CCN1CCC[C@H](C(F)(F)F)C1)Nc1ccc2c(c1)OCO2. The number of anilines is 1. The third kappa shape index (κ3) is 4.11. The van der Waals surface area contributed by atoms with E-state index in [1.54, 1.807) is 23.1 Å². The van der Waals surface area contributed by atoms with Gasteiger partial charge in [-0.3, -0.25) is 4.79 Å². The van der Waals surface area contributed by atoms with Crippen LogP contribution in [0.4, 0.5) is 18.9 Å². The smallest absolute Gasteiger partial charge is 0.393 e. The number of nitrogens with zero attached hydrogens (tertiary/aromatic N) is 1. The number of hydrogen-bond acceptors (Lipinski definition) is 4. The van der Waals surface area contributed by atoms with Gasteiger partial charge in [0.05, 0.1) is 5.92 Å². The molecule has 0 aromatic heterocycles. The lowest BCUT2D eigenvalue weighted by Crippen LogP contribution is -2.42. The van der Waals surface area contributed by atoms with Crippen LogP contribution >= 0.6 is 0 Å². The fourth-order valence-electron chi connectivity index (χ4n) is 2.98. The van der Waals surface area contributed by atoms with E-state index in [4.69, 9.17) is 9.47 Å². The van der Waals surface area contributed by atoms with Crippen LogP contribution < -0.4 is 14.8 Å². The number of fused-ring (bicyclic) bond motifs is 1. The number of amides is 1. The predicted octanol–water partition coefficient (Wildman–Crippen LogP) is 3.02. The van der Waals surface area contributed by atoms with Crippen molar-refractivity contribution in [2.24, 2.45) is 5.92 Å². The van der Waals surface area contributed by atoms with Crippen molar-refractivity contribution >= 4 is 11.6 Å². The summed E-state index contributed by atoms with van der Waals surface area (Å²) in [6.07, 6.45) is -3.33. The average Bonchev–Trinajstić information content (AvgIpc) is 3.00. The van der Waals surface area contributed by atoms with Gasteiger partial charge in [-0.05, 0) is 31.5 Å². The van der Waals surface area contributed by atoms with Crippen LogP contribution in [-0.2, 0) is 4.79 Å². The van der Waals surface area contributed by atoms with Gasteiger partial charge in [-0.25, -0.2) is 0 Å². The molecule has 0 radical (unpaired) electrons. The van der Waals surface area contributed by atoms with Crippen LogP contribution in [0.5, 0.6) is 11.5 Å². The molecular weight excluding hydrogens is 325 g/mol. The molecule has 2 aliphatic rings. The molecule has 0 spiro atoms. The van der Waals surface area contributed by atoms with Crippen molar-refractivity contribution in [3.8, 4) is 11.5 Å². The first kappa shape index (κ1) is 16.9. The number of piperidine rings is 1. The summed E-state index contributed by atoms with van der Waals surface area (Å²) in [5.74, 6) is -0.331. The van der Waals surface area contributed by atoms with Gasteiger partial charge in [0.1, 0.15) is 0 Å². The molecule has 1 fully saturated rings. The molecule has 1 saturated heterocycles. The first-order valence-corrected chi connectivity index (χ1v) is 7.90. The molecule has 0 bridgehead atoms. The Balaban J connectivity index is 1.47. The van der Waals surface area contributed by atoms with Gasteiger partial charge in [0, 0.05) is 31.3 Å². The second-order valence-corrected chi connectivity index (χ2v) is 6.05. The van der Waals surface area contributed by atoms with E-state index in [0.29, 0.717) is 36.7 Å². The third-order valence-electron chi connectivity index (χ3n) is 4.28. The Bertz CT molecular complexity index is 607. The van der Waals surface area contributed by atoms with E-state index in [-0.39, 0.29) is 32.1 Å². The summed E-state index contributed by atoms with van der Waals surface area (Å²) in [7, 11) is 0. The standard InChI is InChI=1S/C16H19F3N2O3/c17-16(18,19)11-2-1-6-21(9-11)7-5-15(22)20-12-3-4-13-14(8-12)24-10-23-13/h3-4,8,11H,1-2,5-7,9-10H2,(H,20,22)/t11-/m0/s1. The van der Waals surface area contributed by atoms with E-state index in [1.807, 2.05) is 0 Å².